The molecule has 0 aliphatic carbocycles. The Kier molecular flexibility index (Phi) is 6.15. The maximum Gasteiger partial charge on any atom is 0.229 e. The van der Waals surface area contributed by atoms with Gasteiger partial charge in [0.05, 0.1) is 18.3 Å². The van der Waals surface area contributed by atoms with Crippen LogP contribution in [0.2, 0.25) is 0 Å². The smallest absolute Gasteiger partial charge is 0.229 e. The molecule has 1 aromatic heterocycles. The van der Waals surface area contributed by atoms with Gasteiger partial charge in [-0.2, -0.15) is 0 Å². The van der Waals surface area contributed by atoms with Gasteiger partial charge in [0.2, 0.25) is 5.91 Å². The number of nitrogens with zero attached hydrogens (tertiary/aromatic N) is 2. The van der Waals surface area contributed by atoms with E-state index >= 15 is 0 Å². The third-order valence-corrected chi connectivity index (χ3v) is 4.23. The van der Waals surface area contributed by atoms with Gasteiger partial charge >= 0.3 is 0 Å². The van der Waals surface area contributed by atoms with Gasteiger partial charge in [-0.05, 0) is 42.3 Å². The van der Waals surface area contributed by atoms with Crippen molar-refractivity contribution < 1.29 is 9.18 Å². The summed E-state index contributed by atoms with van der Waals surface area (Å²) in [5.74, 6) is -0.0887. The molecule has 27 heavy (non-hydrogen) atoms. The van der Waals surface area contributed by atoms with Crippen LogP contribution in [0.3, 0.4) is 0 Å². The lowest BCUT2D eigenvalue weighted by Gasteiger charge is -2.23. The number of carbonyl (C=O) groups is 1. The van der Waals surface area contributed by atoms with E-state index in [9.17, 15) is 9.18 Å². The van der Waals surface area contributed by atoms with Gasteiger partial charge in [0.25, 0.3) is 0 Å². The molecule has 1 heterocycles. The Bertz CT molecular complexity index is 882. The maximum atomic E-state index is 13.2. The molecule has 4 nitrogen and oxygen atoms in total. The van der Waals surface area contributed by atoms with E-state index in [1.807, 2.05) is 24.3 Å². The Balaban J connectivity index is 1.61. The zero-order valence-corrected chi connectivity index (χ0v) is 15.2. The minimum Gasteiger partial charge on any atom is -0.366 e. The van der Waals surface area contributed by atoms with Gasteiger partial charge in [-0.3, -0.25) is 4.79 Å². The average molecular weight is 363 g/mol. The van der Waals surface area contributed by atoms with E-state index < -0.39 is 0 Å². The number of amides is 1. The summed E-state index contributed by atoms with van der Waals surface area (Å²) in [6.07, 6.45) is 1.86. The van der Waals surface area contributed by atoms with E-state index in [-0.39, 0.29) is 18.1 Å². The molecular weight excluding hydrogens is 341 g/mol. The van der Waals surface area contributed by atoms with Crippen LogP contribution < -0.4 is 10.2 Å². The van der Waals surface area contributed by atoms with Crippen LogP contribution in [0.4, 0.5) is 15.9 Å². The molecule has 0 aliphatic rings. The number of hydrogen-bond donors (Lipinski definition) is 1. The van der Waals surface area contributed by atoms with E-state index in [0.29, 0.717) is 11.4 Å². The third kappa shape index (κ3) is 5.38. The Morgan fingerprint density at radius 3 is 2.48 bits per heavy atom. The number of hydrogen-bond acceptors (Lipinski definition) is 3. The lowest BCUT2D eigenvalue weighted by molar-refractivity contribution is -0.115. The molecule has 5 heteroatoms. The van der Waals surface area contributed by atoms with Crippen LogP contribution in [-0.4, -0.2) is 17.4 Å². The molecule has 0 aliphatic heterocycles. The number of benzene rings is 2. The number of anilines is 2. The lowest BCUT2D eigenvalue weighted by Crippen LogP contribution is -2.22. The summed E-state index contributed by atoms with van der Waals surface area (Å²) in [5, 5.41) is 2.75. The minimum atomic E-state index is -0.346. The fourth-order valence-corrected chi connectivity index (χ4v) is 2.86. The highest BCUT2D eigenvalue weighted by Gasteiger charge is 2.08. The average Bonchev–Trinajstić information content (AvgIpc) is 2.67. The van der Waals surface area contributed by atoms with E-state index in [1.165, 1.54) is 17.7 Å². The Morgan fingerprint density at radius 2 is 1.81 bits per heavy atom. The number of carbonyl (C=O) groups excluding carboxylic acids is 1. The van der Waals surface area contributed by atoms with Crippen LogP contribution in [0.5, 0.6) is 0 Å². The molecular formula is C22H22FN3O. The summed E-state index contributed by atoms with van der Waals surface area (Å²) in [5.41, 5.74) is 2.85. The van der Waals surface area contributed by atoms with Crippen molar-refractivity contribution in [3.05, 3.63) is 89.9 Å². The molecule has 0 radical (unpaired) electrons. The monoisotopic (exact) mass is 363 g/mol. The van der Waals surface area contributed by atoms with E-state index in [0.717, 1.165) is 18.8 Å². The van der Waals surface area contributed by atoms with Gasteiger partial charge in [0.1, 0.15) is 11.6 Å². The van der Waals surface area contributed by atoms with Crippen molar-refractivity contribution in [3.8, 4) is 0 Å². The molecule has 138 valence electrons. The molecule has 0 fully saturated rings. The molecule has 0 atom stereocenters. The summed E-state index contributed by atoms with van der Waals surface area (Å²) in [4.78, 5) is 18.7. The van der Waals surface area contributed by atoms with E-state index in [1.54, 1.807) is 24.4 Å². The van der Waals surface area contributed by atoms with E-state index in [4.69, 9.17) is 0 Å². The second-order valence-electron chi connectivity index (χ2n) is 6.26. The maximum absolute atomic E-state index is 13.2. The zero-order chi connectivity index (χ0) is 19.1. The first kappa shape index (κ1) is 18.6. The van der Waals surface area contributed by atoms with Gasteiger partial charge < -0.3 is 10.2 Å². The molecule has 3 rings (SSSR count). The summed E-state index contributed by atoms with van der Waals surface area (Å²) in [6, 6.07) is 20.0. The third-order valence-electron chi connectivity index (χ3n) is 4.23. The number of rotatable bonds is 7. The van der Waals surface area contributed by atoms with Gasteiger partial charge in [-0.25, -0.2) is 9.37 Å². The highest BCUT2D eigenvalue weighted by atomic mass is 19.1. The van der Waals surface area contributed by atoms with Crippen LogP contribution >= 0.6 is 0 Å². The normalized spacial score (nSPS) is 10.4. The van der Waals surface area contributed by atoms with Crippen molar-refractivity contribution in [2.45, 2.75) is 19.9 Å². The van der Waals surface area contributed by atoms with Crippen LogP contribution in [0.25, 0.3) is 0 Å². The lowest BCUT2D eigenvalue weighted by atomic mass is 10.1. The van der Waals surface area contributed by atoms with Crippen molar-refractivity contribution in [1.29, 1.82) is 0 Å². The van der Waals surface area contributed by atoms with Crippen LogP contribution in [0.1, 0.15) is 18.1 Å². The predicted molar refractivity (Wildman–Crippen MR) is 106 cm³/mol. The topological polar surface area (TPSA) is 45.2 Å². The van der Waals surface area contributed by atoms with Crippen molar-refractivity contribution >= 4 is 17.4 Å². The van der Waals surface area contributed by atoms with Crippen molar-refractivity contribution in [1.82, 2.24) is 4.98 Å². The largest absolute Gasteiger partial charge is 0.366 e. The molecule has 3 aromatic rings. The quantitative estimate of drug-likeness (QED) is 0.675. The van der Waals surface area contributed by atoms with Gasteiger partial charge in [-0.1, -0.05) is 42.5 Å². The first-order valence-corrected chi connectivity index (χ1v) is 8.93. The molecule has 0 saturated heterocycles. The van der Waals surface area contributed by atoms with Gasteiger partial charge in [0.15, 0.2) is 0 Å². The Labute approximate surface area is 158 Å². The van der Waals surface area contributed by atoms with Crippen molar-refractivity contribution in [3.63, 3.8) is 0 Å². The van der Waals surface area contributed by atoms with Gasteiger partial charge in [-0.15, -0.1) is 0 Å². The summed E-state index contributed by atoms with van der Waals surface area (Å²) < 4.78 is 13.2. The van der Waals surface area contributed by atoms with Crippen molar-refractivity contribution in [2.24, 2.45) is 0 Å². The van der Waals surface area contributed by atoms with Crippen LogP contribution in [0.15, 0.2) is 72.9 Å². The van der Waals surface area contributed by atoms with Crippen LogP contribution in [-0.2, 0) is 17.8 Å². The highest BCUT2D eigenvalue weighted by Crippen LogP contribution is 2.18. The summed E-state index contributed by atoms with van der Waals surface area (Å²) in [6.45, 7) is 3.74. The Hall–Kier alpha value is -3.21. The van der Waals surface area contributed by atoms with E-state index in [2.05, 4.69) is 34.3 Å². The number of aromatic nitrogens is 1. The van der Waals surface area contributed by atoms with Crippen LogP contribution in [0, 0.1) is 5.82 Å². The fraction of sp³-hybridized carbons (Fsp3) is 0.182. The molecule has 0 spiro atoms. The highest BCUT2D eigenvalue weighted by molar-refractivity contribution is 5.91. The first-order valence-electron chi connectivity index (χ1n) is 8.93. The second kappa shape index (κ2) is 8.94. The molecule has 1 amide bonds. The van der Waals surface area contributed by atoms with Gasteiger partial charge in [0, 0.05) is 13.1 Å². The summed E-state index contributed by atoms with van der Waals surface area (Å²) >= 11 is 0. The first-order chi connectivity index (χ1) is 13.1. The summed E-state index contributed by atoms with van der Waals surface area (Å²) in [7, 11) is 0. The zero-order valence-electron chi connectivity index (χ0n) is 15.2. The SMILES string of the molecule is CCN(Cc1ccccc1)c1ccc(NC(=O)Cc2cccc(F)c2)nc1. The second-order valence-corrected chi connectivity index (χ2v) is 6.26. The fourth-order valence-electron chi connectivity index (χ4n) is 2.86. The molecule has 0 saturated carbocycles. The molecule has 2 aromatic carbocycles. The Morgan fingerprint density at radius 1 is 1.04 bits per heavy atom. The minimum absolute atomic E-state index is 0.107. The standard InChI is InChI=1S/C22H22FN3O/c1-2-26(16-17-7-4-3-5-8-17)20-11-12-21(24-15-20)25-22(27)14-18-9-6-10-19(23)13-18/h3-13,15H,2,14,16H2,1H3,(H,24,25,27). The van der Waals surface area contributed by atoms with Crippen molar-refractivity contribution in [2.75, 3.05) is 16.8 Å². The number of nitrogens with one attached hydrogen (secondary N) is 1. The molecule has 1 N–H and O–H groups in total. The number of halogens is 1. The number of pyridine rings is 1. The molecule has 0 bridgehead atoms. The predicted octanol–water partition coefficient (Wildman–Crippen LogP) is 4.43. The molecule has 0 unspecified atom stereocenters.